The second-order valence-corrected chi connectivity index (χ2v) is 4.82. The number of alkyl halides is 3. The molecule has 0 saturated heterocycles. The summed E-state index contributed by atoms with van der Waals surface area (Å²) in [5.74, 6) is -0.0619. The van der Waals surface area contributed by atoms with E-state index in [4.69, 9.17) is 5.26 Å². The summed E-state index contributed by atoms with van der Waals surface area (Å²) in [4.78, 5) is 3.75. The molecule has 0 bridgehead atoms. The van der Waals surface area contributed by atoms with Gasteiger partial charge in [-0.3, -0.25) is 0 Å². The van der Waals surface area contributed by atoms with Gasteiger partial charge in [-0.05, 0) is 29.3 Å². The molecule has 23 heavy (non-hydrogen) atoms. The van der Waals surface area contributed by atoms with Crippen LogP contribution < -0.4 is 10.1 Å². The highest BCUT2D eigenvalue weighted by atomic mass is 19.4. The van der Waals surface area contributed by atoms with Crippen LogP contribution in [0.5, 0.6) is 5.88 Å². The summed E-state index contributed by atoms with van der Waals surface area (Å²) in [6, 6.07) is 12.4. The predicted octanol–water partition coefficient (Wildman–Crippen LogP) is 3.18. The summed E-state index contributed by atoms with van der Waals surface area (Å²) in [6.45, 7) is -0.379. The lowest BCUT2D eigenvalue weighted by molar-refractivity contribution is -0.154. The second kappa shape index (κ2) is 7.61. The number of hydrogen-bond acceptors (Lipinski definition) is 4. The Morgan fingerprint density at radius 3 is 2.57 bits per heavy atom. The van der Waals surface area contributed by atoms with E-state index in [1.807, 2.05) is 6.07 Å². The summed E-state index contributed by atoms with van der Waals surface area (Å²) in [5, 5.41) is 12.0. The second-order valence-electron chi connectivity index (χ2n) is 4.82. The van der Waals surface area contributed by atoms with E-state index in [1.54, 1.807) is 24.3 Å². The Morgan fingerprint density at radius 2 is 1.87 bits per heavy atom. The lowest BCUT2D eigenvalue weighted by Gasteiger charge is -2.10. The maximum absolute atomic E-state index is 12.1. The molecule has 0 aliphatic carbocycles. The highest BCUT2D eigenvalue weighted by Crippen LogP contribution is 2.17. The van der Waals surface area contributed by atoms with E-state index in [0.29, 0.717) is 18.7 Å². The van der Waals surface area contributed by atoms with Gasteiger partial charge in [-0.1, -0.05) is 12.1 Å². The zero-order valence-electron chi connectivity index (χ0n) is 12.1. The number of aromatic nitrogens is 1. The van der Waals surface area contributed by atoms with Crippen molar-refractivity contribution in [2.45, 2.75) is 19.3 Å². The standard InChI is InChI=1S/C16H14F3N3O/c17-16(18,19)11-23-15-7-14(4-5-22-15)10-21-9-13-3-1-2-12(6-13)8-20/h1-7,21H,9-11H2. The molecule has 0 atom stereocenters. The third kappa shape index (κ3) is 5.96. The van der Waals surface area contributed by atoms with Gasteiger partial charge in [-0.2, -0.15) is 18.4 Å². The number of nitrogens with one attached hydrogen (secondary N) is 1. The van der Waals surface area contributed by atoms with Crippen LogP contribution in [0.15, 0.2) is 42.6 Å². The molecule has 0 fully saturated rings. The molecule has 2 aromatic rings. The smallest absolute Gasteiger partial charge is 0.422 e. The fourth-order valence-electron chi connectivity index (χ4n) is 1.90. The predicted molar refractivity (Wildman–Crippen MR) is 77.5 cm³/mol. The number of nitrogens with zero attached hydrogens (tertiary/aromatic N) is 2. The molecule has 0 spiro atoms. The lowest BCUT2D eigenvalue weighted by atomic mass is 10.1. The van der Waals surface area contributed by atoms with Crippen molar-refractivity contribution in [1.82, 2.24) is 10.3 Å². The lowest BCUT2D eigenvalue weighted by Crippen LogP contribution is -2.20. The fourth-order valence-corrected chi connectivity index (χ4v) is 1.90. The van der Waals surface area contributed by atoms with Crippen LogP contribution in [0.1, 0.15) is 16.7 Å². The molecule has 0 aliphatic heterocycles. The van der Waals surface area contributed by atoms with Crippen molar-refractivity contribution < 1.29 is 17.9 Å². The molecule has 1 N–H and O–H groups in total. The Hall–Kier alpha value is -2.59. The average Bonchev–Trinajstić information content (AvgIpc) is 2.53. The number of rotatable bonds is 6. The molecule has 7 heteroatoms. The largest absolute Gasteiger partial charge is 0.468 e. The Balaban J connectivity index is 1.87. The maximum Gasteiger partial charge on any atom is 0.422 e. The summed E-state index contributed by atoms with van der Waals surface area (Å²) < 4.78 is 40.9. The zero-order chi connectivity index (χ0) is 16.7. The molecular formula is C16H14F3N3O. The van der Waals surface area contributed by atoms with Crippen LogP contribution in [0.25, 0.3) is 0 Å². The minimum atomic E-state index is -4.39. The number of nitriles is 1. The van der Waals surface area contributed by atoms with Crippen molar-refractivity contribution in [3.05, 3.63) is 59.3 Å². The Bertz CT molecular complexity index is 695. The molecule has 4 nitrogen and oxygen atoms in total. The van der Waals surface area contributed by atoms with Crippen LogP contribution in [0.4, 0.5) is 13.2 Å². The molecule has 0 radical (unpaired) electrons. The first-order valence-corrected chi connectivity index (χ1v) is 6.80. The van der Waals surface area contributed by atoms with Gasteiger partial charge < -0.3 is 10.1 Å². The molecule has 1 aromatic carbocycles. The van der Waals surface area contributed by atoms with E-state index in [-0.39, 0.29) is 5.88 Å². The van der Waals surface area contributed by atoms with E-state index in [9.17, 15) is 13.2 Å². The summed E-state index contributed by atoms with van der Waals surface area (Å²) in [6.07, 6.45) is -2.99. The Morgan fingerprint density at radius 1 is 1.13 bits per heavy atom. The van der Waals surface area contributed by atoms with Crippen LogP contribution in [-0.2, 0) is 13.1 Å². The van der Waals surface area contributed by atoms with Gasteiger partial charge in [0, 0.05) is 25.4 Å². The van der Waals surface area contributed by atoms with Crippen molar-refractivity contribution in [2.24, 2.45) is 0 Å². The van der Waals surface area contributed by atoms with Gasteiger partial charge in [0.05, 0.1) is 11.6 Å². The average molecular weight is 321 g/mol. The van der Waals surface area contributed by atoms with Gasteiger partial charge in [0.15, 0.2) is 6.61 Å². The highest BCUT2D eigenvalue weighted by Gasteiger charge is 2.28. The third-order valence-corrected chi connectivity index (χ3v) is 2.90. The molecule has 120 valence electrons. The van der Waals surface area contributed by atoms with Crippen LogP contribution in [-0.4, -0.2) is 17.8 Å². The Kier molecular flexibility index (Phi) is 5.55. The monoisotopic (exact) mass is 321 g/mol. The van der Waals surface area contributed by atoms with Crippen molar-refractivity contribution in [2.75, 3.05) is 6.61 Å². The van der Waals surface area contributed by atoms with Crippen molar-refractivity contribution in [1.29, 1.82) is 5.26 Å². The van der Waals surface area contributed by atoms with Gasteiger partial charge in [-0.25, -0.2) is 4.98 Å². The van der Waals surface area contributed by atoms with Crippen LogP contribution in [0, 0.1) is 11.3 Å². The molecular weight excluding hydrogens is 307 g/mol. The van der Waals surface area contributed by atoms with Gasteiger partial charge >= 0.3 is 6.18 Å². The first kappa shape index (κ1) is 16.8. The minimum absolute atomic E-state index is 0.0619. The van der Waals surface area contributed by atoms with E-state index in [0.717, 1.165) is 11.1 Å². The van der Waals surface area contributed by atoms with Gasteiger partial charge in [-0.15, -0.1) is 0 Å². The molecule has 0 amide bonds. The number of benzene rings is 1. The molecule has 2 rings (SSSR count). The molecule has 1 heterocycles. The minimum Gasteiger partial charge on any atom is -0.468 e. The normalized spacial score (nSPS) is 11.0. The fraction of sp³-hybridized carbons (Fsp3) is 0.250. The van der Waals surface area contributed by atoms with Gasteiger partial charge in [0.25, 0.3) is 0 Å². The molecule has 1 aromatic heterocycles. The molecule has 0 unspecified atom stereocenters. The number of halogens is 3. The SMILES string of the molecule is N#Cc1cccc(CNCc2ccnc(OCC(F)(F)F)c2)c1. The number of ether oxygens (including phenoxy) is 1. The topological polar surface area (TPSA) is 57.9 Å². The van der Waals surface area contributed by atoms with Crippen LogP contribution >= 0.6 is 0 Å². The maximum atomic E-state index is 12.1. The summed E-state index contributed by atoms with van der Waals surface area (Å²) in [5.41, 5.74) is 2.29. The van der Waals surface area contributed by atoms with E-state index in [2.05, 4.69) is 21.1 Å². The Labute approximate surface area is 131 Å². The van der Waals surface area contributed by atoms with Crippen molar-refractivity contribution >= 4 is 0 Å². The van der Waals surface area contributed by atoms with Crippen molar-refractivity contribution in [3.63, 3.8) is 0 Å². The highest BCUT2D eigenvalue weighted by molar-refractivity contribution is 5.32. The van der Waals surface area contributed by atoms with E-state index < -0.39 is 12.8 Å². The van der Waals surface area contributed by atoms with Crippen molar-refractivity contribution in [3.8, 4) is 11.9 Å². The molecule has 0 aliphatic rings. The van der Waals surface area contributed by atoms with E-state index in [1.165, 1.54) is 12.3 Å². The first-order valence-electron chi connectivity index (χ1n) is 6.80. The third-order valence-electron chi connectivity index (χ3n) is 2.90. The van der Waals surface area contributed by atoms with Crippen LogP contribution in [0.2, 0.25) is 0 Å². The van der Waals surface area contributed by atoms with Crippen LogP contribution in [0.3, 0.4) is 0 Å². The number of hydrogen-bond donors (Lipinski definition) is 1. The molecule has 0 saturated carbocycles. The zero-order valence-corrected chi connectivity index (χ0v) is 12.1. The van der Waals surface area contributed by atoms with E-state index >= 15 is 0 Å². The summed E-state index contributed by atoms with van der Waals surface area (Å²) >= 11 is 0. The van der Waals surface area contributed by atoms with Gasteiger partial charge in [0.1, 0.15) is 0 Å². The quantitative estimate of drug-likeness (QED) is 0.888. The van der Waals surface area contributed by atoms with Gasteiger partial charge in [0.2, 0.25) is 5.88 Å². The number of pyridine rings is 1. The first-order chi connectivity index (χ1) is 11.0. The summed E-state index contributed by atoms with van der Waals surface area (Å²) in [7, 11) is 0.